The first-order valence-corrected chi connectivity index (χ1v) is 6.92. The lowest BCUT2D eigenvalue weighted by molar-refractivity contribution is 1.31. The summed E-state index contributed by atoms with van der Waals surface area (Å²) in [5.74, 6) is 0. The summed E-state index contributed by atoms with van der Waals surface area (Å²) in [6, 6.07) is 19.5. The predicted octanol–water partition coefficient (Wildman–Crippen LogP) is 4.49. The number of rotatable bonds is 3. The van der Waals surface area contributed by atoms with Gasteiger partial charge in [0.2, 0.25) is 0 Å². The van der Waals surface area contributed by atoms with Crippen LogP contribution in [0.15, 0.2) is 54.6 Å². The van der Waals surface area contributed by atoms with Gasteiger partial charge in [-0.15, -0.1) is 0 Å². The van der Waals surface area contributed by atoms with Gasteiger partial charge in [-0.1, -0.05) is 41.9 Å². The summed E-state index contributed by atoms with van der Waals surface area (Å²) in [6.45, 7) is 0.258. The molecule has 102 valence electrons. The Kier molecular flexibility index (Phi) is 3.72. The van der Waals surface area contributed by atoms with Crippen molar-refractivity contribution in [2.24, 2.45) is 0 Å². The van der Waals surface area contributed by atoms with Crippen LogP contribution in [0.25, 0.3) is 22.2 Å². The predicted molar refractivity (Wildman–Crippen MR) is 86.3 cm³/mol. The van der Waals surface area contributed by atoms with Crippen LogP contribution in [-0.2, 0) is 0 Å². The Hall–Kier alpha value is -2.57. The highest BCUT2D eigenvalue weighted by molar-refractivity contribution is 6.30. The average Bonchev–Trinajstić information content (AvgIpc) is 2.53. The molecule has 0 fully saturated rings. The van der Waals surface area contributed by atoms with E-state index in [1.165, 1.54) is 0 Å². The third-order valence-electron chi connectivity index (χ3n) is 3.21. The number of para-hydroxylation sites is 1. The van der Waals surface area contributed by atoms with E-state index in [9.17, 15) is 0 Å². The van der Waals surface area contributed by atoms with Crippen molar-refractivity contribution < 1.29 is 0 Å². The molecule has 0 saturated carbocycles. The fraction of sp³-hybridized carbons (Fsp3) is 0.0588. The van der Waals surface area contributed by atoms with E-state index in [2.05, 4.69) is 16.4 Å². The highest BCUT2D eigenvalue weighted by Gasteiger charge is 2.07. The van der Waals surface area contributed by atoms with Gasteiger partial charge < -0.3 is 5.32 Å². The third-order valence-corrected chi connectivity index (χ3v) is 3.47. The molecular formula is C17H12ClN3. The van der Waals surface area contributed by atoms with Gasteiger partial charge in [0, 0.05) is 21.7 Å². The average molecular weight is 294 g/mol. The van der Waals surface area contributed by atoms with E-state index in [-0.39, 0.29) is 6.54 Å². The molecule has 1 aromatic heterocycles. The van der Waals surface area contributed by atoms with Gasteiger partial charge in [0.15, 0.2) is 0 Å². The van der Waals surface area contributed by atoms with E-state index >= 15 is 0 Å². The molecule has 0 spiro atoms. The number of benzene rings is 2. The first kappa shape index (κ1) is 13.4. The lowest BCUT2D eigenvalue weighted by Crippen LogP contribution is -2.00. The Morgan fingerprint density at radius 2 is 1.86 bits per heavy atom. The standard InChI is InChI=1S/C17H12ClN3/c18-13-7-5-12(6-8-13)16-11-17(20-10-9-19)14-3-1-2-4-15(14)21-16/h1-8,11H,10H2,(H,20,21). The van der Waals surface area contributed by atoms with Crippen LogP contribution in [0.1, 0.15) is 0 Å². The zero-order valence-corrected chi connectivity index (χ0v) is 11.9. The summed E-state index contributed by atoms with van der Waals surface area (Å²) in [7, 11) is 0. The van der Waals surface area contributed by atoms with Crippen molar-refractivity contribution in [2.75, 3.05) is 11.9 Å². The van der Waals surface area contributed by atoms with Gasteiger partial charge in [-0.25, -0.2) is 4.98 Å². The van der Waals surface area contributed by atoms with Gasteiger partial charge >= 0.3 is 0 Å². The molecule has 2 aromatic carbocycles. The Morgan fingerprint density at radius 3 is 2.62 bits per heavy atom. The molecule has 0 saturated heterocycles. The molecule has 0 amide bonds. The maximum atomic E-state index is 8.77. The zero-order valence-electron chi connectivity index (χ0n) is 11.2. The maximum absolute atomic E-state index is 8.77. The number of anilines is 1. The molecule has 0 bridgehead atoms. The number of pyridine rings is 1. The van der Waals surface area contributed by atoms with Gasteiger partial charge in [0.1, 0.15) is 6.54 Å². The van der Waals surface area contributed by atoms with Crippen molar-refractivity contribution in [1.82, 2.24) is 4.98 Å². The Bertz CT molecular complexity index is 820. The molecule has 0 unspecified atom stereocenters. The second-order valence-corrected chi connectivity index (χ2v) is 5.03. The van der Waals surface area contributed by atoms with Crippen molar-refractivity contribution in [3.05, 3.63) is 59.6 Å². The lowest BCUT2D eigenvalue weighted by Gasteiger charge is -2.10. The Morgan fingerprint density at radius 1 is 1.10 bits per heavy atom. The van der Waals surface area contributed by atoms with Gasteiger partial charge in [0.25, 0.3) is 0 Å². The van der Waals surface area contributed by atoms with E-state index in [0.717, 1.165) is 27.8 Å². The summed E-state index contributed by atoms with van der Waals surface area (Å²) in [4.78, 5) is 4.68. The van der Waals surface area contributed by atoms with Crippen molar-refractivity contribution in [1.29, 1.82) is 5.26 Å². The molecular weight excluding hydrogens is 282 g/mol. The van der Waals surface area contributed by atoms with Crippen LogP contribution in [0.2, 0.25) is 5.02 Å². The first-order valence-electron chi connectivity index (χ1n) is 6.54. The summed E-state index contributed by atoms with van der Waals surface area (Å²) >= 11 is 5.93. The van der Waals surface area contributed by atoms with Gasteiger partial charge in [-0.05, 0) is 24.3 Å². The largest absolute Gasteiger partial charge is 0.372 e. The van der Waals surface area contributed by atoms with Crippen LogP contribution in [0, 0.1) is 11.3 Å². The molecule has 0 atom stereocenters. The van der Waals surface area contributed by atoms with Crippen molar-refractivity contribution in [2.45, 2.75) is 0 Å². The van der Waals surface area contributed by atoms with E-state index < -0.39 is 0 Å². The Labute approximate surface area is 127 Å². The van der Waals surface area contributed by atoms with E-state index in [1.54, 1.807) is 0 Å². The summed E-state index contributed by atoms with van der Waals surface area (Å²) in [5.41, 5.74) is 3.65. The molecule has 0 aliphatic heterocycles. The van der Waals surface area contributed by atoms with E-state index in [4.69, 9.17) is 16.9 Å². The van der Waals surface area contributed by atoms with Crippen LogP contribution in [-0.4, -0.2) is 11.5 Å². The highest BCUT2D eigenvalue weighted by atomic mass is 35.5. The number of aromatic nitrogens is 1. The molecule has 0 aliphatic carbocycles. The minimum absolute atomic E-state index is 0.258. The van der Waals surface area contributed by atoms with Crippen LogP contribution >= 0.6 is 11.6 Å². The van der Waals surface area contributed by atoms with E-state index in [1.807, 2.05) is 54.6 Å². The molecule has 21 heavy (non-hydrogen) atoms. The second kappa shape index (κ2) is 5.82. The second-order valence-electron chi connectivity index (χ2n) is 4.59. The van der Waals surface area contributed by atoms with Crippen molar-refractivity contribution >= 4 is 28.2 Å². The third kappa shape index (κ3) is 2.81. The Balaban J connectivity index is 2.15. The quantitative estimate of drug-likeness (QED) is 0.724. The smallest absolute Gasteiger partial charge is 0.103 e. The number of hydrogen-bond acceptors (Lipinski definition) is 3. The normalized spacial score (nSPS) is 10.3. The van der Waals surface area contributed by atoms with Crippen LogP contribution < -0.4 is 5.32 Å². The fourth-order valence-corrected chi connectivity index (χ4v) is 2.35. The molecule has 4 heteroatoms. The number of nitrogens with one attached hydrogen (secondary N) is 1. The molecule has 3 nitrogen and oxygen atoms in total. The lowest BCUT2D eigenvalue weighted by atomic mass is 10.1. The van der Waals surface area contributed by atoms with Gasteiger partial charge in [0.05, 0.1) is 17.3 Å². The number of fused-ring (bicyclic) bond motifs is 1. The summed E-state index contributed by atoms with van der Waals surface area (Å²) in [5, 5.41) is 13.6. The molecule has 1 heterocycles. The van der Waals surface area contributed by atoms with Crippen LogP contribution in [0.4, 0.5) is 5.69 Å². The number of halogens is 1. The molecule has 3 rings (SSSR count). The minimum atomic E-state index is 0.258. The molecule has 1 N–H and O–H groups in total. The van der Waals surface area contributed by atoms with Gasteiger partial charge in [-0.3, -0.25) is 0 Å². The number of nitrogens with zero attached hydrogens (tertiary/aromatic N) is 2. The maximum Gasteiger partial charge on any atom is 0.103 e. The summed E-state index contributed by atoms with van der Waals surface area (Å²) in [6.07, 6.45) is 0. The van der Waals surface area contributed by atoms with Crippen molar-refractivity contribution in [3.63, 3.8) is 0 Å². The van der Waals surface area contributed by atoms with Crippen LogP contribution in [0.3, 0.4) is 0 Å². The molecule has 0 aliphatic rings. The fourth-order valence-electron chi connectivity index (χ4n) is 2.22. The monoisotopic (exact) mass is 293 g/mol. The van der Waals surface area contributed by atoms with Crippen molar-refractivity contribution in [3.8, 4) is 17.3 Å². The first-order chi connectivity index (χ1) is 10.3. The van der Waals surface area contributed by atoms with E-state index in [0.29, 0.717) is 5.02 Å². The summed E-state index contributed by atoms with van der Waals surface area (Å²) < 4.78 is 0. The minimum Gasteiger partial charge on any atom is -0.372 e. The van der Waals surface area contributed by atoms with Gasteiger partial charge in [-0.2, -0.15) is 5.26 Å². The highest BCUT2D eigenvalue weighted by Crippen LogP contribution is 2.28. The SMILES string of the molecule is N#CCNc1cc(-c2ccc(Cl)cc2)nc2ccccc12. The zero-order chi connectivity index (χ0) is 14.7. The topological polar surface area (TPSA) is 48.7 Å². The molecule has 0 radical (unpaired) electrons. The number of hydrogen-bond donors (Lipinski definition) is 1. The number of nitriles is 1. The molecule has 3 aromatic rings. The van der Waals surface area contributed by atoms with Crippen LogP contribution in [0.5, 0.6) is 0 Å².